The number of hydrogen-bond donors (Lipinski definition) is 1. The highest BCUT2D eigenvalue weighted by atomic mass is 35.5. The maximum Gasteiger partial charge on any atom is 0.261 e. The summed E-state index contributed by atoms with van der Waals surface area (Å²) in [5.41, 5.74) is 2.18. The van der Waals surface area contributed by atoms with E-state index in [4.69, 9.17) is 16.3 Å². The maximum atomic E-state index is 12.5. The van der Waals surface area contributed by atoms with Crippen LogP contribution in [0.1, 0.15) is 5.56 Å². The van der Waals surface area contributed by atoms with E-state index in [2.05, 4.69) is 4.72 Å². The molecule has 1 N–H and O–H groups in total. The topological polar surface area (TPSA) is 58.6 Å². The van der Waals surface area contributed by atoms with Gasteiger partial charge in [0, 0.05) is 12.1 Å². The fraction of sp³-hybridized carbons (Fsp3) is 0.250. The molecule has 2 aromatic carbocycles. The van der Waals surface area contributed by atoms with Crippen LogP contribution in [0.2, 0.25) is 5.02 Å². The molecule has 23 heavy (non-hydrogen) atoms. The summed E-state index contributed by atoms with van der Waals surface area (Å²) in [6.45, 7) is 3.21. The van der Waals surface area contributed by atoms with Gasteiger partial charge in [-0.2, -0.15) is 0 Å². The number of hydrogen-bond acceptors (Lipinski definition) is 4. The van der Waals surface area contributed by atoms with Crippen molar-refractivity contribution in [2.45, 2.75) is 11.8 Å². The number of benzene rings is 2. The number of halogens is 1. The van der Waals surface area contributed by atoms with E-state index in [9.17, 15) is 8.42 Å². The third-order valence-electron chi connectivity index (χ3n) is 3.76. The highest BCUT2D eigenvalue weighted by molar-refractivity contribution is 7.92. The lowest BCUT2D eigenvalue weighted by Gasteiger charge is -2.28. The monoisotopic (exact) mass is 352 g/mol. The van der Waals surface area contributed by atoms with Gasteiger partial charge in [0.1, 0.15) is 12.4 Å². The number of nitrogens with zero attached hydrogens (tertiary/aromatic N) is 1. The fourth-order valence-corrected chi connectivity index (χ4v) is 3.69. The Labute approximate surface area is 140 Å². The van der Waals surface area contributed by atoms with Gasteiger partial charge in [-0.25, -0.2) is 8.42 Å². The lowest BCUT2D eigenvalue weighted by molar-refractivity contribution is 0.311. The molecule has 0 bridgehead atoms. The number of anilines is 2. The predicted octanol–water partition coefficient (Wildman–Crippen LogP) is 3.28. The average Bonchev–Trinajstić information content (AvgIpc) is 2.50. The van der Waals surface area contributed by atoms with Crippen LogP contribution < -0.4 is 14.4 Å². The van der Waals surface area contributed by atoms with E-state index >= 15 is 0 Å². The first-order valence-electron chi connectivity index (χ1n) is 7.14. The molecule has 0 aliphatic carbocycles. The second-order valence-corrected chi connectivity index (χ2v) is 7.56. The zero-order valence-corrected chi connectivity index (χ0v) is 14.4. The molecule has 122 valence electrons. The lowest BCUT2D eigenvalue weighted by atomic mass is 10.2. The second-order valence-electron chi connectivity index (χ2n) is 5.47. The van der Waals surface area contributed by atoms with Gasteiger partial charge in [-0.1, -0.05) is 17.7 Å². The van der Waals surface area contributed by atoms with Gasteiger partial charge >= 0.3 is 0 Å². The maximum absolute atomic E-state index is 12.5. The van der Waals surface area contributed by atoms with Crippen LogP contribution in [-0.4, -0.2) is 28.6 Å². The predicted molar refractivity (Wildman–Crippen MR) is 92.2 cm³/mol. The molecule has 0 fully saturated rings. The molecular weight excluding hydrogens is 336 g/mol. The number of sulfonamides is 1. The number of nitrogens with one attached hydrogen (secondary N) is 1. The van der Waals surface area contributed by atoms with E-state index in [1.165, 1.54) is 12.1 Å². The van der Waals surface area contributed by atoms with Crippen molar-refractivity contribution in [1.29, 1.82) is 0 Å². The summed E-state index contributed by atoms with van der Waals surface area (Å²) in [6.07, 6.45) is 0. The van der Waals surface area contributed by atoms with Crippen molar-refractivity contribution in [2.75, 3.05) is 29.8 Å². The third-order valence-corrected chi connectivity index (χ3v) is 5.55. The van der Waals surface area contributed by atoms with E-state index in [-0.39, 0.29) is 4.90 Å². The largest absolute Gasteiger partial charge is 0.490 e. The van der Waals surface area contributed by atoms with E-state index < -0.39 is 10.0 Å². The Morgan fingerprint density at radius 3 is 2.74 bits per heavy atom. The van der Waals surface area contributed by atoms with Crippen molar-refractivity contribution >= 4 is 33.0 Å². The number of rotatable bonds is 3. The summed E-state index contributed by atoms with van der Waals surface area (Å²) in [7, 11) is -1.75. The molecule has 0 saturated carbocycles. The van der Waals surface area contributed by atoms with Gasteiger partial charge in [0.15, 0.2) is 0 Å². The Morgan fingerprint density at radius 2 is 2.00 bits per heavy atom. The molecule has 0 saturated heterocycles. The standard InChI is InChI=1S/C16H17ClN2O3S/c1-11-3-5-13(10-14(11)17)23(20,21)18-12-4-6-16-15(9-12)19(2)7-8-22-16/h3-6,9-10,18H,7-8H2,1-2H3. The minimum absolute atomic E-state index is 0.135. The van der Waals surface area contributed by atoms with Crippen LogP contribution in [-0.2, 0) is 10.0 Å². The quantitative estimate of drug-likeness (QED) is 0.921. The molecule has 0 aromatic heterocycles. The van der Waals surface area contributed by atoms with Crippen molar-refractivity contribution in [3.63, 3.8) is 0 Å². The average molecular weight is 353 g/mol. The van der Waals surface area contributed by atoms with Gasteiger partial charge in [-0.05, 0) is 42.8 Å². The van der Waals surface area contributed by atoms with E-state index in [0.717, 1.165) is 23.5 Å². The smallest absolute Gasteiger partial charge is 0.261 e. The summed E-state index contributed by atoms with van der Waals surface area (Å²) in [4.78, 5) is 2.16. The molecular formula is C16H17ClN2O3S. The van der Waals surface area contributed by atoms with Crippen LogP contribution in [0.4, 0.5) is 11.4 Å². The Morgan fingerprint density at radius 1 is 1.22 bits per heavy atom. The molecule has 0 spiro atoms. The van der Waals surface area contributed by atoms with Gasteiger partial charge in [0.05, 0.1) is 22.8 Å². The number of aryl methyl sites for hydroxylation is 1. The van der Waals surface area contributed by atoms with Crippen molar-refractivity contribution in [3.8, 4) is 5.75 Å². The number of ether oxygens (including phenoxy) is 1. The van der Waals surface area contributed by atoms with Crippen molar-refractivity contribution < 1.29 is 13.2 Å². The first-order chi connectivity index (χ1) is 10.9. The van der Waals surface area contributed by atoms with Crippen LogP contribution in [0.3, 0.4) is 0 Å². The molecule has 5 nitrogen and oxygen atoms in total. The molecule has 1 heterocycles. The molecule has 0 unspecified atom stereocenters. The molecule has 0 atom stereocenters. The molecule has 1 aliphatic heterocycles. The van der Waals surface area contributed by atoms with Gasteiger partial charge in [-0.15, -0.1) is 0 Å². The Bertz CT molecular complexity index is 852. The number of fused-ring (bicyclic) bond motifs is 1. The zero-order chi connectivity index (χ0) is 16.6. The zero-order valence-electron chi connectivity index (χ0n) is 12.8. The second kappa shape index (κ2) is 5.94. The fourth-order valence-electron chi connectivity index (χ4n) is 2.37. The Hall–Kier alpha value is -1.92. The van der Waals surface area contributed by atoms with E-state index in [1.807, 2.05) is 18.9 Å². The van der Waals surface area contributed by atoms with Gasteiger partial charge in [0.2, 0.25) is 0 Å². The molecule has 7 heteroatoms. The van der Waals surface area contributed by atoms with Gasteiger partial charge < -0.3 is 9.64 Å². The summed E-state index contributed by atoms with van der Waals surface area (Å²) in [5, 5.41) is 0.423. The van der Waals surface area contributed by atoms with Crippen LogP contribution >= 0.6 is 11.6 Å². The van der Waals surface area contributed by atoms with E-state index in [0.29, 0.717) is 17.3 Å². The van der Waals surface area contributed by atoms with Crippen LogP contribution in [0.5, 0.6) is 5.75 Å². The normalized spacial score (nSPS) is 14.1. The highest BCUT2D eigenvalue weighted by Crippen LogP contribution is 2.34. The Kier molecular flexibility index (Phi) is 4.12. The third kappa shape index (κ3) is 3.23. The van der Waals surface area contributed by atoms with E-state index in [1.54, 1.807) is 24.3 Å². The van der Waals surface area contributed by atoms with Gasteiger partial charge in [-0.3, -0.25) is 4.72 Å². The Balaban J connectivity index is 1.91. The van der Waals surface area contributed by atoms with Crippen molar-refractivity contribution in [2.24, 2.45) is 0 Å². The minimum atomic E-state index is -3.69. The summed E-state index contributed by atoms with van der Waals surface area (Å²) in [6, 6.07) is 9.90. The molecule has 0 amide bonds. The van der Waals surface area contributed by atoms with Crippen LogP contribution in [0.25, 0.3) is 0 Å². The molecule has 2 aromatic rings. The number of likely N-dealkylation sites (N-methyl/N-ethyl adjacent to an activating group) is 1. The molecule has 0 radical (unpaired) electrons. The first-order valence-corrected chi connectivity index (χ1v) is 9.00. The van der Waals surface area contributed by atoms with Crippen LogP contribution in [0, 0.1) is 6.92 Å². The summed E-state index contributed by atoms with van der Waals surface area (Å²) >= 11 is 6.02. The summed E-state index contributed by atoms with van der Waals surface area (Å²) in [5.74, 6) is 0.750. The van der Waals surface area contributed by atoms with Crippen LogP contribution in [0.15, 0.2) is 41.3 Å². The van der Waals surface area contributed by atoms with Gasteiger partial charge in [0.25, 0.3) is 10.0 Å². The SMILES string of the molecule is Cc1ccc(S(=O)(=O)Nc2ccc3c(c2)N(C)CCO3)cc1Cl. The highest BCUT2D eigenvalue weighted by Gasteiger charge is 2.19. The minimum Gasteiger partial charge on any atom is -0.490 e. The van der Waals surface area contributed by atoms with Crippen molar-refractivity contribution in [3.05, 3.63) is 47.0 Å². The first kappa shape index (κ1) is 16.0. The van der Waals surface area contributed by atoms with Crippen molar-refractivity contribution in [1.82, 2.24) is 0 Å². The summed E-state index contributed by atoms with van der Waals surface area (Å²) < 4.78 is 33.1. The lowest BCUT2D eigenvalue weighted by Crippen LogP contribution is -2.28. The molecule has 1 aliphatic rings. The molecule has 3 rings (SSSR count).